The minimum Gasteiger partial charge on any atom is -0.461 e. The molecule has 0 spiro atoms. The molecule has 118 valence electrons. The van der Waals surface area contributed by atoms with Crippen LogP contribution in [0.3, 0.4) is 0 Å². The molecule has 1 aromatic carbocycles. The molecule has 0 saturated heterocycles. The van der Waals surface area contributed by atoms with Crippen LogP contribution in [0.25, 0.3) is 22.1 Å². The maximum absolute atomic E-state index is 12.3. The molecule has 0 saturated carbocycles. The fourth-order valence-electron chi connectivity index (χ4n) is 2.58. The summed E-state index contributed by atoms with van der Waals surface area (Å²) in [6.07, 6.45) is 0.701. The smallest absolute Gasteiger partial charge is 0.343 e. The third kappa shape index (κ3) is 3.24. The van der Waals surface area contributed by atoms with Gasteiger partial charge in [-0.15, -0.1) is 0 Å². The molecule has 0 unspecified atom stereocenters. The van der Waals surface area contributed by atoms with Crippen molar-refractivity contribution < 1.29 is 13.6 Å². The van der Waals surface area contributed by atoms with Crippen LogP contribution in [0.5, 0.6) is 0 Å². The summed E-state index contributed by atoms with van der Waals surface area (Å²) in [5.74, 6) is 1.98. The van der Waals surface area contributed by atoms with Gasteiger partial charge >= 0.3 is 5.63 Å². The van der Waals surface area contributed by atoms with Gasteiger partial charge in [-0.1, -0.05) is 6.07 Å². The zero-order valence-corrected chi connectivity index (χ0v) is 15.0. The molecular weight excluding hydrogens is 407 g/mol. The van der Waals surface area contributed by atoms with Crippen LogP contribution in [0.2, 0.25) is 0 Å². The molecule has 0 amide bonds. The average molecular weight is 422 g/mol. The summed E-state index contributed by atoms with van der Waals surface area (Å²) in [7, 11) is 0. The highest BCUT2D eigenvalue weighted by Gasteiger charge is 2.18. The fraction of sp³-hybridized carbons (Fsp3) is 0.222. The zero-order valence-electron chi connectivity index (χ0n) is 12.8. The third-order valence-corrected chi connectivity index (χ3v) is 4.33. The highest BCUT2D eigenvalue weighted by Crippen LogP contribution is 2.33. The van der Waals surface area contributed by atoms with Gasteiger partial charge in [0, 0.05) is 21.8 Å². The van der Waals surface area contributed by atoms with Gasteiger partial charge in [0.25, 0.3) is 0 Å². The van der Waals surface area contributed by atoms with E-state index >= 15 is 0 Å². The summed E-state index contributed by atoms with van der Waals surface area (Å²) < 4.78 is 12.2. The van der Waals surface area contributed by atoms with Gasteiger partial charge in [-0.05, 0) is 60.7 Å². The number of halogens is 1. The van der Waals surface area contributed by atoms with Crippen LogP contribution in [0, 0.1) is 10.5 Å². The first-order valence-corrected chi connectivity index (χ1v) is 8.35. The molecule has 3 aromatic rings. The summed E-state index contributed by atoms with van der Waals surface area (Å²) in [4.78, 5) is 23.6. The van der Waals surface area contributed by atoms with Crippen molar-refractivity contribution in [1.82, 2.24) is 0 Å². The molecule has 0 aliphatic heterocycles. The predicted molar refractivity (Wildman–Crippen MR) is 96.6 cm³/mol. The number of ketones is 1. The highest BCUT2D eigenvalue weighted by atomic mass is 127. The minimum absolute atomic E-state index is 0.0527. The van der Waals surface area contributed by atoms with Crippen molar-refractivity contribution in [3.05, 3.63) is 55.8 Å². The first-order chi connectivity index (χ1) is 11.0. The van der Waals surface area contributed by atoms with Crippen molar-refractivity contribution in [3.63, 3.8) is 0 Å². The summed E-state index contributed by atoms with van der Waals surface area (Å²) >= 11 is 2.16. The molecule has 4 nitrogen and oxygen atoms in total. The maximum Gasteiger partial charge on any atom is 0.343 e. The number of rotatable bonds is 4. The van der Waals surface area contributed by atoms with E-state index in [1.165, 1.54) is 6.92 Å². The number of hydrogen-bond acceptors (Lipinski definition) is 4. The van der Waals surface area contributed by atoms with Gasteiger partial charge in [-0.3, -0.25) is 0 Å². The number of hydrogen-bond donors (Lipinski definition) is 0. The first kappa shape index (κ1) is 16.0. The van der Waals surface area contributed by atoms with E-state index in [2.05, 4.69) is 22.6 Å². The van der Waals surface area contributed by atoms with Crippen LogP contribution in [0.15, 0.2) is 44.0 Å². The van der Waals surface area contributed by atoms with E-state index in [1.54, 1.807) is 6.07 Å². The molecule has 3 rings (SSSR count). The summed E-state index contributed by atoms with van der Waals surface area (Å²) in [6, 6.07) is 9.37. The Labute approximate surface area is 146 Å². The Morgan fingerprint density at radius 1 is 1.13 bits per heavy atom. The molecular formula is C18H15IO4. The Bertz CT molecular complexity index is 949. The molecule has 0 N–H and O–H groups in total. The van der Waals surface area contributed by atoms with Gasteiger partial charge in [0.1, 0.15) is 23.1 Å². The van der Waals surface area contributed by atoms with Crippen LogP contribution in [0.1, 0.15) is 24.9 Å². The van der Waals surface area contributed by atoms with Crippen LogP contribution in [0.4, 0.5) is 0 Å². The molecule has 0 bridgehead atoms. The lowest BCUT2D eigenvalue weighted by atomic mass is 10.0. The van der Waals surface area contributed by atoms with Crippen molar-refractivity contribution >= 4 is 39.1 Å². The van der Waals surface area contributed by atoms with Gasteiger partial charge in [-0.2, -0.15) is 0 Å². The lowest BCUT2D eigenvalue weighted by molar-refractivity contribution is -0.117. The molecule has 0 aliphatic rings. The number of furan rings is 1. The number of carbonyl (C=O) groups is 1. The average Bonchev–Trinajstić information content (AvgIpc) is 2.92. The zero-order chi connectivity index (χ0) is 16.6. The van der Waals surface area contributed by atoms with Crippen molar-refractivity contribution in [2.75, 3.05) is 0 Å². The van der Waals surface area contributed by atoms with Crippen molar-refractivity contribution in [3.8, 4) is 11.3 Å². The lowest BCUT2D eigenvalue weighted by Crippen LogP contribution is -2.06. The molecule has 0 atom stereocenters. The van der Waals surface area contributed by atoms with Gasteiger partial charge in [-0.25, -0.2) is 4.79 Å². The van der Waals surface area contributed by atoms with E-state index in [0.29, 0.717) is 29.7 Å². The van der Waals surface area contributed by atoms with Crippen molar-refractivity contribution in [1.29, 1.82) is 0 Å². The number of fused-ring (bicyclic) bond motifs is 1. The molecule has 0 aliphatic carbocycles. The second-order valence-electron chi connectivity index (χ2n) is 5.49. The Kier molecular flexibility index (Phi) is 4.39. The number of aryl methyl sites for hydroxylation is 2. The molecule has 2 aromatic heterocycles. The van der Waals surface area contributed by atoms with E-state index in [9.17, 15) is 9.59 Å². The Morgan fingerprint density at radius 2 is 1.91 bits per heavy atom. The summed E-state index contributed by atoms with van der Waals surface area (Å²) in [6.45, 7) is 3.39. The van der Waals surface area contributed by atoms with E-state index in [4.69, 9.17) is 8.83 Å². The fourth-order valence-corrected chi connectivity index (χ4v) is 3.07. The van der Waals surface area contributed by atoms with Crippen molar-refractivity contribution in [2.24, 2.45) is 0 Å². The van der Waals surface area contributed by atoms with E-state index in [-0.39, 0.29) is 11.4 Å². The monoisotopic (exact) mass is 422 g/mol. The number of carbonyl (C=O) groups excluding carboxylic acids is 1. The Morgan fingerprint density at radius 3 is 2.57 bits per heavy atom. The molecule has 5 heteroatoms. The van der Waals surface area contributed by atoms with Gasteiger partial charge in [0.2, 0.25) is 0 Å². The Hall–Kier alpha value is -1.89. The SMILES string of the molecule is CC(=O)CCc1oc(=O)c2cc(I)ccc2c1-c1ccc(C)o1. The van der Waals surface area contributed by atoms with Crippen molar-refractivity contribution in [2.45, 2.75) is 26.7 Å². The molecule has 23 heavy (non-hydrogen) atoms. The number of Topliss-reactive ketones (excluding diaryl/α,β-unsaturated/α-hetero) is 1. The predicted octanol–water partition coefficient (Wildman–Crippen LogP) is 4.49. The van der Waals surface area contributed by atoms with E-state index in [0.717, 1.165) is 20.3 Å². The topological polar surface area (TPSA) is 60.4 Å². The van der Waals surface area contributed by atoms with Crippen LogP contribution < -0.4 is 5.63 Å². The molecule has 0 radical (unpaired) electrons. The molecule has 0 fully saturated rings. The highest BCUT2D eigenvalue weighted by molar-refractivity contribution is 14.1. The first-order valence-electron chi connectivity index (χ1n) is 7.27. The maximum atomic E-state index is 12.3. The van der Waals surface area contributed by atoms with E-state index in [1.807, 2.05) is 31.2 Å². The minimum atomic E-state index is -0.385. The molecule has 2 heterocycles. The quantitative estimate of drug-likeness (QED) is 0.582. The largest absolute Gasteiger partial charge is 0.461 e. The van der Waals surface area contributed by atoms with Gasteiger partial charge in [0.05, 0.1) is 10.9 Å². The van der Waals surface area contributed by atoms with Crippen LogP contribution >= 0.6 is 22.6 Å². The van der Waals surface area contributed by atoms with Gasteiger partial charge in [0.15, 0.2) is 0 Å². The lowest BCUT2D eigenvalue weighted by Gasteiger charge is -2.09. The standard InChI is InChI=1S/C18H15IO4/c1-10(20)3-7-16-17(15-8-4-11(2)22-15)13-6-5-12(19)9-14(13)18(21)23-16/h4-6,8-9H,3,7H2,1-2H3. The summed E-state index contributed by atoms with van der Waals surface area (Å²) in [5, 5.41) is 1.31. The third-order valence-electron chi connectivity index (χ3n) is 3.66. The van der Waals surface area contributed by atoms with Crippen LogP contribution in [-0.4, -0.2) is 5.78 Å². The second-order valence-corrected chi connectivity index (χ2v) is 6.74. The number of benzene rings is 1. The summed E-state index contributed by atoms with van der Waals surface area (Å²) in [5.41, 5.74) is 0.370. The van der Waals surface area contributed by atoms with E-state index < -0.39 is 0 Å². The van der Waals surface area contributed by atoms with Crippen LogP contribution in [-0.2, 0) is 11.2 Å². The second kappa shape index (κ2) is 6.31. The normalized spacial score (nSPS) is 11.1. The Balaban J connectivity index is 2.30. The van der Waals surface area contributed by atoms with Gasteiger partial charge < -0.3 is 13.6 Å².